The van der Waals surface area contributed by atoms with E-state index in [0.717, 1.165) is 31.2 Å². The summed E-state index contributed by atoms with van der Waals surface area (Å²) < 4.78 is 0. The summed E-state index contributed by atoms with van der Waals surface area (Å²) in [5, 5.41) is 9.29. The van der Waals surface area contributed by atoms with Crippen LogP contribution in [0.5, 0.6) is 0 Å². The van der Waals surface area contributed by atoms with E-state index in [1.54, 1.807) is 18.2 Å². The molecule has 1 aromatic carbocycles. The number of amides is 2. The Labute approximate surface area is 204 Å². The van der Waals surface area contributed by atoms with Gasteiger partial charge in [0, 0.05) is 40.4 Å². The van der Waals surface area contributed by atoms with E-state index in [1.807, 2.05) is 11.3 Å². The summed E-state index contributed by atoms with van der Waals surface area (Å²) in [5.74, 6) is -0.0765. The molecule has 5 nitrogen and oxygen atoms in total. The Balaban J connectivity index is 1.36. The molecule has 1 aromatic heterocycles. The number of halogens is 2. The van der Waals surface area contributed by atoms with Crippen molar-refractivity contribution in [1.82, 2.24) is 15.5 Å². The van der Waals surface area contributed by atoms with E-state index in [-0.39, 0.29) is 23.4 Å². The maximum absolute atomic E-state index is 12.4. The van der Waals surface area contributed by atoms with Crippen LogP contribution in [0.4, 0.5) is 0 Å². The van der Waals surface area contributed by atoms with Gasteiger partial charge in [-0.05, 0) is 81.4 Å². The van der Waals surface area contributed by atoms with Gasteiger partial charge in [0.05, 0.1) is 5.54 Å². The Morgan fingerprint density at radius 1 is 1.12 bits per heavy atom. The van der Waals surface area contributed by atoms with Crippen LogP contribution in [0.2, 0.25) is 10.0 Å². The SMILES string of the molecule is CN(C)C1(c2cccs2)CCC(NC(=O)CCCC(=O)NCc2cc(Cl)ccc2Cl)CC1. The fraction of sp³-hybridized carbons (Fsp3) is 0.500. The van der Waals surface area contributed by atoms with E-state index >= 15 is 0 Å². The molecule has 1 fully saturated rings. The van der Waals surface area contributed by atoms with Crippen molar-refractivity contribution in [3.8, 4) is 0 Å². The molecule has 0 aliphatic heterocycles. The third-order valence-electron chi connectivity index (χ3n) is 6.31. The highest BCUT2D eigenvalue weighted by molar-refractivity contribution is 7.10. The molecule has 3 rings (SSSR count). The van der Waals surface area contributed by atoms with Gasteiger partial charge >= 0.3 is 0 Å². The van der Waals surface area contributed by atoms with Crippen LogP contribution in [-0.4, -0.2) is 36.9 Å². The van der Waals surface area contributed by atoms with Crippen LogP contribution in [0.25, 0.3) is 0 Å². The van der Waals surface area contributed by atoms with Crippen LogP contribution < -0.4 is 10.6 Å². The van der Waals surface area contributed by atoms with Crippen molar-refractivity contribution >= 4 is 46.4 Å². The molecule has 2 N–H and O–H groups in total. The number of carbonyl (C=O) groups is 2. The van der Waals surface area contributed by atoms with Crippen LogP contribution in [0.1, 0.15) is 55.4 Å². The molecule has 2 amide bonds. The van der Waals surface area contributed by atoms with Crippen LogP contribution in [0, 0.1) is 0 Å². The standard InChI is InChI=1S/C24H31Cl2N3O2S/c1-29(2)24(21-5-4-14-32-21)12-10-19(11-13-24)28-23(31)7-3-6-22(30)27-16-17-15-18(25)8-9-20(17)26/h4-5,8-9,14-15,19H,3,6-7,10-13,16H2,1-2H3,(H,27,30)(H,28,31). The van der Waals surface area contributed by atoms with Crippen molar-refractivity contribution in [3.05, 3.63) is 56.2 Å². The van der Waals surface area contributed by atoms with Gasteiger partial charge in [-0.15, -0.1) is 11.3 Å². The summed E-state index contributed by atoms with van der Waals surface area (Å²) in [6.07, 6.45) is 5.15. The quantitative estimate of drug-likeness (QED) is 0.492. The van der Waals surface area contributed by atoms with Gasteiger partial charge < -0.3 is 10.6 Å². The molecule has 0 saturated heterocycles. The maximum atomic E-state index is 12.4. The first-order chi connectivity index (χ1) is 15.3. The second kappa shape index (κ2) is 11.5. The molecule has 1 aliphatic rings. The molecule has 1 heterocycles. The normalized spacial score (nSPS) is 20.8. The Kier molecular flexibility index (Phi) is 9.00. The largest absolute Gasteiger partial charge is 0.353 e. The topological polar surface area (TPSA) is 61.4 Å². The second-order valence-corrected chi connectivity index (χ2v) is 10.4. The van der Waals surface area contributed by atoms with E-state index in [0.29, 0.717) is 35.9 Å². The molecular weight excluding hydrogens is 465 g/mol. The highest BCUT2D eigenvalue weighted by atomic mass is 35.5. The molecule has 32 heavy (non-hydrogen) atoms. The number of rotatable bonds is 9. The Morgan fingerprint density at radius 2 is 1.84 bits per heavy atom. The van der Waals surface area contributed by atoms with Crippen molar-refractivity contribution in [1.29, 1.82) is 0 Å². The third kappa shape index (κ3) is 6.47. The van der Waals surface area contributed by atoms with Crippen molar-refractivity contribution in [3.63, 3.8) is 0 Å². The van der Waals surface area contributed by atoms with Gasteiger partial charge in [0.25, 0.3) is 0 Å². The molecule has 8 heteroatoms. The van der Waals surface area contributed by atoms with Crippen molar-refractivity contribution < 1.29 is 9.59 Å². The first-order valence-electron chi connectivity index (χ1n) is 11.0. The average Bonchev–Trinajstić information content (AvgIpc) is 3.30. The van der Waals surface area contributed by atoms with Gasteiger partial charge in [-0.1, -0.05) is 29.3 Å². The fourth-order valence-electron chi connectivity index (χ4n) is 4.37. The highest BCUT2D eigenvalue weighted by Crippen LogP contribution is 2.43. The lowest BCUT2D eigenvalue weighted by Crippen LogP contribution is -2.48. The van der Waals surface area contributed by atoms with Crippen LogP contribution in [-0.2, 0) is 21.7 Å². The Bertz CT molecular complexity index is 910. The lowest BCUT2D eigenvalue weighted by Gasteiger charge is -2.44. The van der Waals surface area contributed by atoms with Gasteiger partial charge in [-0.25, -0.2) is 0 Å². The van der Waals surface area contributed by atoms with Gasteiger partial charge in [-0.3, -0.25) is 14.5 Å². The number of nitrogens with one attached hydrogen (secondary N) is 2. The summed E-state index contributed by atoms with van der Waals surface area (Å²) in [4.78, 5) is 28.2. The third-order valence-corrected chi connectivity index (χ3v) is 7.97. The fourth-order valence-corrected chi connectivity index (χ4v) is 5.81. The van der Waals surface area contributed by atoms with E-state index in [9.17, 15) is 9.59 Å². The van der Waals surface area contributed by atoms with E-state index < -0.39 is 0 Å². The zero-order chi connectivity index (χ0) is 23.1. The number of thiophene rings is 1. The molecule has 0 unspecified atom stereocenters. The van der Waals surface area contributed by atoms with Crippen LogP contribution in [0.15, 0.2) is 35.7 Å². The zero-order valence-corrected chi connectivity index (χ0v) is 21.0. The molecule has 0 bridgehead atoms. The smallest absolute Gasteiger partial charge is 0.220 e. The second-order valence-electron chi connectivity index (χ2n) is 8.61. The molecule has 1 saturated carbocycles. The molecule has 0 spiro atoms. The summed E-state index contributed by atoms with van der Waals surface area (Å²) >= 11 is 13.9. The van der Waals surface area contributed by atoms with Crippen LogP contribution in [0.3, 0.4) is 0 Å². The molecule has 0 radical (unpaired) electrons. The summed E-state index contributed by atoms with van der Waals surface area (Å²) in [5.41, 5.74) is 0.846. The van der Waals surface area contributed by atoms with Gasteiger partial charge in [-0.2, -0.15) is 0 Å². The lowest BCUT2D eigenvalue weighted by atomic mass is 9.77. The van der Waals surface area contributed by atoms with E-state index in [1.165, 1.54) is 4.88 Å². The van der Waals surface area contributed by atoms with Crippen molar-refractivity contribution in [2.24, 2.45) is 0 Å². The minimum absolute atomic E-state index is 0.0224. The predicted octanol–water partition coefficient (Wildman–Crippen LogP) is 5.36. The predicted molar refractivity (Wildman–Crippen MR) is 132 cm³/mol. The van der Waals surface area contributed by atoms with Gasteiger partial charge in [0.2, 0.25) is 11.8 Å². The van der Waals surface area contributed by atoms with Crippen molar-refractivity contribution in [2.75, 3.05) is 14.1 Å². The van der Waals surface area contributed by atoms with Crippen molar-refractivity contribution in [2.45, 2.75) is 63.1 Å². The highest BCUT2D eigenvalue weighted by Gasteiger charge is 2.39. The maximum Gasteiger partial charge on any atom is 0.220 e. The number of nitrogens with zero attached hydrogens (tertiary/aromatic N) is 1. The molecule has 0 atom stereocenters. The first-order valence-corrected chi connectivity index (χ1v) is 12.6. The van der Waals surface area contributed by atoms with E-state index in [2.05, 4.69) is 47.1 Å². The minimum Gasteiger partial charge on any atom is -0.353 e. The number of hydrogen-bond donors (Lipinski definition) is 2. The number of benzene rings is 1. The molecule has 1 aliphatic carbocycles. The molecule has 2 aromatic rings. The molecular formula is C24H31Cl2N3O2S. The number of hydrogen-bond acceptors (Lipinski definition) is 4. The van der Waals surface area contributed by atoms with Gasteiger partial charge in [0.1, 0.15) is 0 Å². The van der Waals surface area contributed by atoms with Gasteiger partial charge in [0.15, 0.2) is 0 Å². The Morgan fingerprint density at radius 3 is 2.50 bits per heavy atom. The number of carbonyl (C=O) groups excluding carboxylic acids is 2. The van der Waals surface area contributed by atoms with Crippen LogP contribution >= 0.6 is 34.5 Å². The lowest BCUT2D eigenvalue weighted by molar-refractivity contribution is -0.123. The summed E-state index contributed by atoms with van der Waals surface area (Å²) in [7, 11) is 4.29. The molecule has 174 valence electrons. The Hall–Kier alpha value is -1.60. The minimum atomic E-state index is -0.0989. The zero-order valence-electron chi connectivity index (χ0n) is 18.6. The monoisotopic (exact) mass is 495 g/mol. The first kappa shape index (κ1) is 25.0. The summed E-state index contributed by atoms with van der Waals surface area (Å²) in [6, 6.07) is 9.69. The van der Waals surface area contributed by atoms with E-state index in [4.69, 9.17) is 23.2 Å². The summed E-state index contributed by atoms with van der Waals surface area (Å²) in [6.45, 7) is 0.324. The average molecular weight is 497 g/mol.